The molecule has 1 aliphatic rings. The Hall–Kier alpha value is -3.85. The quantitative estimate of drug-likeness (QED) is 0.129. The minimum atomic E-state index is -4.35. The van der Waals surface area contributed by atoms with Crippen molar-refractivity contribution in [2.24, 2.45) is 0 Å². The van der Waals surface area contributed by atoms with E-state index in [2.05, 4.69) is 20.0 Å². The summed E-state index contributed by atoms with van der Waals surface area (Å²) in [5, 5.41) is 25.6. The third-order valence-electron chi connectivity index (χ3n) is 6.50. The molecule has 1 saturated heterocycles. The minimum absolute atomic E-state index is 0.0261. The Labute approximate surface area is 239 Å². The van der Waals surface area contributed by atoms with Gasteiger partial charge in [-0.05, 0) is 32.2 Å². The molecule has 1 aliphatic heterocycles. The number of anilines is 1. The highest BCUT2D eigenvalue weighted by molar-refractivity contribution is 7.52. The number of imidazole rings is 1. The van der Waals surface area contributed by atoms with Gasteiger partial charge in [0.1, 0.15) is 30.1 Å². The van der Waals surface area contributed by atoms with Crippen LogP contribution in [0.2, 0.25) is 0 Å². The average molecular weight is 603 g/mol. The first kappa shape index (κ1) is 29.6. The number of hydrogen-bond acceptors (Lipinski definition) is 12. The molecule has 2 aromatic heterocycles. The second kappa shape index (κ2) is 11.8. The van der Waals surface area contributed by atoms with Gasteiger partial charge >= 0.3 is 13.7 Å². The fourth-order valence-corrected chi connectivity index (χ4v) is 6.04. The second-order valence-corrected chi connectivity index (χ2v) is 11.7. The van der Waals surface area contributed by atoms with Gasteiger partial charge in [-0.2, -0.15) is 10.1 Å². The maximum Gasteiger partial charge on any atom is 0.459 e. The number of fused-ring (bicyclic) bond motifs is 2. The number of nitrogen functional groups attached to an aromatic ring is 1. The van der Waals surface area contributed by atoms with Crippen molar-refractivity contribution >= 4 is 41.6 Å². The highest BCUT2D eigenvalue weighted by atomic mass is 31.2. The summed E-state index contributed by atoms with van der Waals surface area (Å²) in [7, 11) is -4.35. The number of aliphatic hydroxyl groups is 2. The fraction of sp³-hybridized carbons (Fsp3) is 0.385. The van der Waals surface area contributed by atoms with Gasteiger partial charge in [0.05, 0.1) is 19.0 Å². The zero-order chi connectivity index (χ0) is 30.2. The van der Waals surface area contributed by atoms with Crippen molar-refractivity contribution in [2.45, 2.75) is 57.5 Å². The van der Waals surface area contributed by atoms with Crippen molar-refractivity contribution in [3.63, 3.8) is 0 Å². The van der Waals surface area contributed by atoms with E-state index in [9.17, 15) is 24.4 Å². The number of H-pyrrole nitrogens is 1. The highest BCUT2D eigenvalue weighted by Crippen LogP contribution is 2.47. The first-order valence-corrected chi connectivity index (χ1v) is 14.6. The van der Waals surface area contributed by atoms with E-state index in [0.29, 0.717) is 5.39 Å². The van der Waals surface area contributed by atoms with Crippen LogP contribution in [0.25, 0.3) is 21.9 Å². The van der Waals surface area contributed by atoms with Crippen LogP contribution in [-0.2, 0) is 23.4 Å². The normalized spacial score (nSPS) is 22.8. The third-order valence-corrected chi connectivity index (χ3v) is 8.13. The van der Waals surface area contributed by atoms with Gasteiger partial charge in [0.2, 0.25) is 5.95 Å². The number of carbonyl (C=O) groups is 1. The molecule has 5 rings (SSSR count). The molecular weight excluding hydrogens is 571 g/mol. The average Bonchev–Trinajstić information content (AvgIpc) is 3.48. The number of benzene rings is 2. The van der Waals surface area contributed by atoms with Gasteiger partial charge in [0.15, 0.2) is 17.4 Å². The van der Waals surface area contributed by atoms with Crippen LogP contribution in [0, 0.1) is 0 Å². The third kappa shape index (κ3) is 6.02. The van der Waals surface area contributed by atoms with Crippen LogP contribution in [-0.4, -0.2) is 72.8 Å². The first-order chi connectivity index (χ1) is 20.0. The summed E-state index contributed by atoms with van der Waals surface area (Å²) in [5.41, 5.74) is 5.04. The summed E-state index contributed by atoms with van der Waals surface area (Å²) in [6, 6.07) is 11.3. The molecular formula is C26H31N6O9P. The molecule has 2 unspecified atom stereocenters. The van der Waals surface area contributed by atoms with Gasteiger partial charge in [0, 0.05) is 5.39 Å². The maximum absolute atomic E-state index is 14.1. The van der Waals surface area contributed by atoms with Gasteiger partial charge in [0.25, 0.3) is 5.56 Å². The van der Waals surface area contributed by atoms with Crippen molar-refractivity contribution < 1.29 is 38.1 Å². The van der Waals surface area contributed by atoms with E-state index in [1.807, 2.05) is 18.2 Å². The van der Waals surface area contributed by atoms with E-state index >= 15 is 0 Å². The molecule has 16 heteroatoms. The molecule has 4 aromatic rings. The number of carbonyl (C=O) groups excluding carboxylic acids is 1. The number of nitrogens with two attached hydrogens (primary N) is 1. The lowest BCUT2D eigenvalue weighted by Gasteiger charge is -2.25. The molecule has 0 saturated carbocycles. The largest absolute Gasteiger partial charge is 0.462 e. The molecule has 0 spiro atoms. The molecule has 0 radical (unpaired) electrons. The number of aromatic amines is 1. The Morgan fingerprint density at radius 2 is 1.93 bits per heavy atom. The van der Waals surface area contributed by atoms with Gasteiger partial charge in [-0.25, -0.2) is 9.55 Å². The number of nitrogens with one attached hydrogen (secondary N) is 2. The second-order valence-electron chi connectivity index (χ2n) is 10.0. The molecule has 224 valence electrons. The number of aliphatic hydroxyl groups excluding tert-OH is 2. The molecule has 3 heterocycles. The van der Waals surface area contributed by atoms with Crippen molar-refractivity contribution in [3.8, 4) is 5.75 Å². The Balaban J connectivity index is 1.39. The molecule has 6 N–H and O–H groups in total. The highest BCUT2D eigenvalue weighted by Gasteiger charge is 2.46. The number of aromatic nitrogens is 4. The predicted molar refractivity (Wildman–Crippen MR) is 150 cm³/mol. The Morgan fingerprint density at radius 3 is 2.69 bits per heavy atom. The van der Waals surface area contributed by atoms with Crippen LogP contribution < -0.4 is 20.9 Å². The summed E-state index contributed by atoms with van der Waals surface area (Å²) in [6.45, 7) is 4.27. The molecule has 42 heavy (non-hydrogen) atoms. The van der Waals surface area contributed by atoms with Gasteiger partial charge < -0.3 is 29.9 Å². The maximum atomic E-state index is 14.1. The Bertz CT molecular complexity index is 1700. The zero-order valence-corrected chi connectivity index (χ0v) is 23.8. The summed E-state index contributed by atoms with van der Waals surface area (Å²) in [5.74, 6) is -0.639. The number of hydrogen-bond donors (Lipinski definition) is 5. The van der Waals surface area contributed by atoms with Crippen molar-refractivity contribution in [1.29, 1.82) is 0 Å². The molecule has 1 fully saturated rings. The van der Waals surface area contributed by atoms with Crippen LogP contribution in [0.4, 0.5) is 5.95 Å². The van der Waals surface area contributed by atoms with E-state index < -0.39 is 62.6 Å². The van der Waals surface area contributed by atoms with Gasteiger partial charge in [-0.1, -0.05) is 36.4 Å². The summed E-state index contributed by atoms with van der Waals surface area (Å²) in [4.78, 5) is 35.1. The van der Waals surface area contributed by atoms with E-state index in [1.54, 1.807) is 38.1 Å². The van der Waals surface area contributed by atoms with Crippen molar-refractivity contribution in [2.75, 3.05) is 12.3 Å². The Kier molecular flexibility index (Phi) is 8.32. The number of ether oxygens (including phenoxy) is 2. The molecule has 15 nitrogen and oxygen atoms in total. The molecule has 0 aliphatic carbocycles. The molecule has 0 bridgehead atoms. The van der Waals surface area contributed by atoms with E-state index in [1.165, 1.54) is 17.8 Å². The van der Waals surface area contributed by atoms with E-state index in [0.717, 1.165) is 5.39 Å². The van der Waals surface area contributed by atoms with Crippen molar-refractivity contribution in [3.05, 3.63) is 59.1 Å². The molecule has 6 atom stereocenters. The SMILES string of the molecule is CC(C)OC(=O)[C@H](C)NP(=O)(OC[C@H]1O[C@@H](n2cnc3c(=O)[nH]c(N)nc32)C(O)[C@@H]1O)Oc1cccc2ccccc12. The lowest BCUT2D eigenvalue weighted by atomic mass is 10.1. The molecule has 0 amide bonds. The van der Waals surface area contributed by atoms with Crippen LogP contribution in [0.1, 0.15) is 27.0 Å². The summed E-state index contributed by atoms with van der Waals surface area (Å²) < 4.78 is 38.0. The topological polar surface area (TPSA) is 213 Å². The van der Waals surface area contributed by atoms with Crippen LogP contribution in [0.5, 0.6) is 5.75 Å². The predicted octanol–water partition coefficient (Wildman–Crippen LogP) is 1.61. The first-order valence-electron chi connectivity index (χ1n) is 13.1. The lowest BCUT2D eigenvalue weighted by Crippen LogP contribution is -2.38. The van der Waals surface area contributed by atoms with E-state index in [-0.39, 0.29) is 22.9 Å². The minimum Gasteiger partial charge on any atom is -0.462 e. The van der Waals surface area contributed by atoms with Crippen molar-refractivity contribution in [1.82, 2.24) is 24.6 Å². The molecule has 2 aromatic carbocycles. The summed E-state index contributed by atoms with van der Waals surface area (Å²) in [6.07, 6.45) is -4.68. The monoisotopic (exact) mass is 602 g/mol. The zero-order valence-electron chi connectivity index (χ0n) is 22.9. The Morgan fingerprint density at radius 1 is 1.19 bits per heavy atom. The van der Waals surface area contributed by atoms with Crippen LogP contribution in [0.3, 0.4) is 0 Å². The smallest absolute Gasteiger partial charge is 0.459 e. The standard InChI is InChI=1S/C26H31N6O9P/c1-13(2)39-25(36)14(3)31-42(37,41-17-10-6-8-15-7-4-5-9-16(15)17)38-11-18-20(33)21(34)24(40-18)32-12-28-19-22(32)29-26(27)30-23(19)35/h4-10,12-14,18,20-21,24,33-34H,11H2,1-3H3,(H,31,37)(H3,27,29,30,35)/t14-,18+,20+,21?,24+,42?/m0/s1. The fourth-order valence-electron chi connectivity index (χ4n) is 4.52. The number of esters is 1. The van der Waals surface area contributed by atoms with Crippen LogP contribution >= 0.6 is 7.75 Å². The number of rotatable bonds is 10. The van der Waals surface area contributed by atoms with Gasteiger partial charge in [-0.3, -0.25) is 23.7 Å². The summed E-state index contributed by atoms with van der Waals surface area (Å²) >= 11 is 0. The number of nitrogens with zero attached hydrogens (tertiary/aromatic N) is 3. The van der Waals surface area contributed by atoms with Crippen LogP contribution in [0.15, 0.2) is 53.6 Å². The van der Waals surface area contributed by atoms with E-state index in [4.69, 9.17) is 24.3 Å². The van der Waals surface area contributed by atoms with Gasteiger partial charge in [-0.15, -0.1) is 0 Å². The lowest BCUT2D eigenvalue weighted by molar-refractivity contribution is -0.149.